The van der Waals surface area contributed by atoms with Crippen LogP contribution in [-0.2, 0) is 15.8 Å². The molecule has 1 amide bonds. The van der Waals surface area contributed by atoms with Gasteiger partial charge in [-0.1, -0.05) is 79.7 Å². The van der Waals surface area contributed by atoms with Crippen LogP contribution in [-0.4, -0.2) is 16.2 Å². The Morgan fingerprint density at radius 1 is 0.939 bits per heavy atom. The minimum absolute atomic E-state index is 0.164. The van der Waals surface area contributed by atoms with Crippen molar-refractivity contribution in [2.45, 2.75) is 38.2 Å². The van der Waals surface area contributed by atoms with Gasteiger partial charge in [-0.3, -0.25) is 4.79 Å². The van der Waals surface area contributed by atoms with Crippen LogP contribution in [0.25, 0.3) is 10.8 Å². The lowest BCUT2D eigenvalue weighted by Gasteiger charge is -2.36. The molecule has 6 heteroatoms. The molecule has 0 aliphatic heterocycles. The van der Waals surface area contributed by atoms with E-state index in [1.54, 1.807) is 49.4 Å². The number of hydrogen-bond acceptors (Lipinski definition) is 5. The van der Waals surface area contributed by atoms with E-state index in [1.165, 1.54) is 0 Å². The van der Waals surface area contributed by atoms with Crippen LogP contribution >= 0.6 is 0 Å². The normalized spacial score (nSPS) is 13.5. The first-order valence-electron chi connectivity index (χ1n) is 10.8. The fourth-order valence-electron chi connectivity index (χ4n) is 4.20. The second-order valence-corrected chi connectivity index (χ2v) is 8.92. The average molecular weight is 443 g/mol. The molecule has 0 radical (unpaired) electrons. The second-order valence-electron chi connectivity index (χ2n) is 8.92. The zero-order valence-corrected chi connectivity index (χ0v) is 18.8. The summed E-state index contributed by atoms with van der Waals surface area (Å²) in [6.45, 7) is 5.74. The van der Waals surface area contributed by atoms with Gasteiger partial charge in [-0.2, -0.15) is 0 Å². The molecule has 4 rings (SSSR count). The Hall–Kier alpha value is -3.77. The van der Waals surface area contributed by atoms with E-state index in [9.17, 15) is 14.7 Å². The van der Waals surface area contributed by atoms with Crippen LogP contribution in [0, 0.1) is 6.92 Å². The molecule has 6 nitrogen and oxygen atoms in total. The molecule has 33 heavy (non-hydrogen) atoms. The van der Waals surface area contributed by atoms with Gasteiger partial charge >= 0.3 is 5.63 Å². The minimum Gasteiger partial charge on any atom is -0.375 e. The maximum absolute atomic E-state index is 13.6. The van der Waals surface area contributed by atoms with Gasteiger partial charge in [0.1, 0.15) is 0 Å². The van der Waals surface area contributed by atoms with Crippen LogP contribution in [0.2, 0.25) is 0 Å². The van der Waals surface area contributed by atoms with Crippen LogP contribution in [0.4, 0.5) is 5.69 Å². The smallest absolute Gasteiger partial charge is 0.366 e. The standard InChI is InChI=1S/C27H26N2O4/c1-18-23-16-21(14-15-22(23)24(30)33-29-18)28-25(31)27(32,20-12-8-5-9-13-20)17-26(2,3)19-10-6-4-7-11-19/h4-16,32H,17H2,1-3H3,(H,28,31). The number of aliphatic hydroxyl groups is 1. The van der Waals surface area contributed by atoms with Crippen LogP contribution in [0.1, 0.15) is 37.1 Å². The molecule has 0 spiro atoms. The summed E-state index contributed by atoms with van der Waals surface area (Å²) >= 11 is 0. The lowest BCUT2D eigenvalue weighted by molar-refractivity contribution is -0.137. The Morgan fingerprint density at radius 2 is 1.55 bits per heavy atom. The van der Waals surface area contributed by atoms with Gasteiger partial charge in [0, 0.05) is 11.1 Å². The number of hydrogen-bond donors (Lipinski definition) is 2. The van der Waals surface area contributed by atoms with E-state index in [2.05, 4.69) is 10.5 Å². The quantitative estimate of drug-likeness (QED) is 0.452. The van der Waals surface area contributed by atoms with Crippen molar-refractivity contribution in [2.24, 2.45) is 0 Å². The van der Waals surface area contributed by atoms with Gasteiger partial charge in [0.15, 0.2) is 5.60 Å². The van der Waals surface area contributed by atoms with E-state index in [4.69, 9.17) is 4.52 Å². The van der Waals surface area contributed by atoms with Gasteiger partial charge < -0.3 is 14.9 Å². The van der Waals surface area contributed by atoms with Crippen molar-refractivity contribution in [3.8, 4) is 0 Å². The number of aromatic nitrogens is 1. The van der Waals surface area contributed by atoms with E-state index in [-0.39, 0.29) is 6.42 Å². The van der Waals surface area contributed by atoms with E-state index < -0.39 is 22.5 Å². The summed E-state index contributed by atoms with van der Waals surface area (Å²) in [6, 6.07) is 23.6. The monoisotopic (exact) mass is 442 g/mol. The summed E-state index contributed by atoms with van der Waals surface area (Å²) in [5.74, 6) is -0.550. The molecule has 2 N–H and O–H groups in total. The fraction of sp³-hybridized carbons (Fsp3) is 0.222. The largest absolute Gasteiger partial charge is 0.375 e. The van der Waals surface area contributed by atoms with Crippen molar-refractivity contribution < 1.29 is 14.4 Å². The van der Waals surface area contributed by atoms with Crippen molar-refractivity contribution >= 4 is 22.4 Å². The van der Waals surface area contributed by atoms with Crippen molar-refractivity contribution in [3.63, 3.8) is 0 Å². The highest BCUT2D eigenvalue weighted by Gasteiger charge is 2.43. The summed E-state index contributed by atoms with van der Waals surface area (Å²) < 4.78 is 4.77. The molecule has 0 fully saturated rings. The molecule has 3 aromatic carbocycles. The number of amides is 1. The molecule has 0 bridgehead atoms. The first-order chi connectivity index (χ1) is 15.7. The summed E-state index contributed by atoms with van der Waals surface area (Å²) in [5, 5.41) is 19.4. The zero-order valence-electron chi connectivity index (χ0n) is 18.8. The second kappa shape index (κ2) is 8.64. The molecular formula is C27H26N2O4. The number of benzene rings is 3. The first kappa shape index (κ1) is 22.4. The fourth-order valence-corrected chi connectivity index (χ4v) is 4.20. The Bertz CT molecular complexity index is 1350. The molecule has 1 unspecified atom stereocenters. The molecule has 1 atom stereocenters. The summed E-state index contributed by atoms with van der Waals surface area (Å²) in [6.07, 6.45) is 0.164. The molecule has 0 aliphatic carbocycles. The van der Waals surface area contributed by atoms with Crippen LogP contribution in [0.15, 0.2) is 88.2 Å². The van der Waals surface area contributed by atoms with Crippen LogP contribution in [0.3, 0.4) is 0 Å². The highest BCUT2D eigenvalue weighted by atomic mass is 16.5. The van der Waals surface area contributed by atoms with Crippen molar-refractivity contribution in [3.05, 3.63) is 106 Å². The molecule has 0 saturated heterocycles. The van der Waals surface area contributed by atoms with Crippen LogP contribution < -0.4 is 10.9 Å². The molecule has 168 valence electrons. The molecule has 1 aromatic heterocycles. The third kappa shape index (κ3) is 4.43. The molecule has 4 aromatic rings. The topological polar surface area (TPSA) is 92.4 Å². The SMILES string of the molecule is Cc1noc(=O)c2ccc(NC(=O)C(O)(CC(C)(C)c3ccccc3)c3ccccc3)cc12. The highest BCUT2D eigenvalue weighted by Crippen LogP contribution is 2.38. The van der Waals surface area contributed by atoms with Gasteiger partial charge in [-0.05, 0) is 48.1 Å². The molecule has 0 aliphatic rings. The number of fused-ring (bicyclic) bond motifs is 1. The Balaban J connectivity index is 1.72. The van der Waals surface area contributed by atoms with E-state index in [0.717, 1.165) is 5.56 Å². The van der Waals surface area contributed by atoms with E-state index in [0.29, 0.717) is 27.7 Å². The van der Waals surface area contributed by atoms with Crippen LogP contribution in [0.5, 0.6) is 0 Å². The maximum Gasteiger partial charge on any atom is 0.366 e. The van der Waals surface area contributed by atoms with Gasteiger partial charge in [-0.25, -0.2) is 4.79 Å². The van der Waals surface area contributed by atoms with E-state index in [1.807, 2.05) is 50.2 Å². The third-order valence-electron chi connectivity index (χ3n) is 6.03. The molecular weight excluding hydrogens is 416 g/mol. The predicted molar refractivity (Wildman–Crippen MR) is 128 cm³/mol. The van der Waals surface area contributed by atoms with Gasteiger partial charge in [0.25, 0.3) is 5.91 Å². The Morgan fingerprint density at radius 3 is 2.18 bits per heavy atom. The number of carbonyl (C=O) groups excluding carboxylic acids is 1. The average Bonchev–Trinajstić information content (AvgIpc) is 2.82. The lowest BCUT2D eigenvalue weighted by atomic mass is 9.72. The Kier molecular flexibility index (Phi) is 5.87. The zero-order chi connectivity index (χ0) is 23.6. The van der Waals surface area contributed by atoms with Crippen molar-refractivity contribution in [2.75, 3.05) is 5.32 Å². The van der Waals surface area contributed by atoms with Gasteiger partial charge in [0.05, 0.1) is 11.1 Å². The predicted octanol–water partition coefficient (Wildman–Crippen LogP) is 4.69. The van der Waals surface area contributed by atoms with Crippen molar-refractivity contribution in [1.82, 2.24) is 5.16 Å². The summed E-state index contributed by atoms with van der Waals surface area (Å²) in [7, 11) is 0. The first-order valence-corrected chi connectivity index (χ1v) is 10.8. The number of rotatable bonds is 6. The number of nitrogens with one attached hydrogen (secondary N) is 1. The molecule has 0 saturated carbocycles. The highest BCUT2D eigenvalue weighted by molar-refractivity contribution is 5.99. The number of nitrogens with zero attached hydrogens (tertiary/aromatic N) is 1. The number of anilines is 1. The lowest BCUT2D eigenvalue weighted by Crippen LogP contribution is -2.44. The number of carbonyl (C=O) groups is 1. The van der Waals surface area contributed by atoms with Gasteiger partial charge in [-0.15, -0.1) is 0 Å². The summed E-state index contributed by atoms with van der Waals surface area (Å²) in [5.41, 5.74) is -0.319. The number of aryl methyl sites for hydroxylation is 1. The molecule has 1 heterocycles. The van der Waals surface area contributed by atoms with Crippen molar-refractivity contribution in [1.29, 1.82) is 0 Å². The Labute approximate surface area is 191 Å². The summed E-state index contributed by atoms with van der Waals surface area (Å²) in [4.78, 5) is 25.5. The maximum atomic E-state index is 13.6. The third-order valence-corrected chi connectivity index (χ3v) is 6.03. The van der Waals surface area contributed by atoms with E-state index >= 15 is 0 Å². The minimum atomic E-state index is -1.79. The van der Waals surface area contributed by atoms with Gasteiger partial charge in [0.2, 0.25) is 0 Å².